The molecule has 0 atom stereocenters. The lowest BCUT2D eigenvalue weighted by Crippen LogP contribution is -2.01. The highest BCUT2D eigenvalue weighted by molar-refractivity contribution is 6.03. The lowest BCUT2D eigenvalue weighted by molar-refractivity contribution is 0.274. The summed E-state index contributed by atoms with van der Waals surface area (Å²) in [6.07, 6.45) is 0. The van der Waals surface area contributed by atoms with Crippen molar-refractivity contribution in [1.82, 2.24) is 4.98 Å². The number of hydrogen-bond donors (Lipinski definition) is 2. The van der Waals surface area contributed by atoms with Gasteiger partial charge in [-0.25, -0.2) is 4.98 Å². The Balaban J connectivity index is 2.02. The highest BCUT2D eigenvalue weighted by Crippen LogP contribution is 2.39. The van der Waals surface area contributed by atoms with E-state index < -0.39 is 0 Å². The Morgan fingerprint density at radius 2 is 1.81 bits per heavy atom. The van der Waals surface area contributed by atoms with Crippen LogP contribution in [0, 0.1) is 6.92 Å². The second-order valence-electron chi connectivity index (χ2n) is 6.34. The quantitative estimate of drug-likeness (QED) is 0.515. The molecule has 1 heterocycles. The van der Waals surface area contributed by atoms with Crippen LogP contribution < -0.4 is 10.1 Å². The van der Waals surface area contributed by atoms with E-state index in [2.05, 4.69) is 36.5 Å². The van der Waals surface area contributed by atoms with Gasteiger partial charge in [-0.05, 0) is 42.8 Å². The number of aromatic nitrogens is 1. The number of nitrogens with zero attached hydrogens (tertiary/aromatic N) is 1. The van der Waals surface area contributed by atoms with Gasteiger partial charge in [0.2, 0.25) is 0 Å². The van der Waals surface area contributed by atoms with Crippen molar-refractivity contribution in [2.24, 2.45) is 0 Å². The number of aliphatic hydroxyl groups is 1. The van der Waals surface area contributed by atoms with Crippen LogP contribution in [0.4, 0.5) is 11.4 Å². The van der Waals surface area contributed by atoms with Gasteiger partial charge in [0.1, 0.15) is 5.75 Å². The van der Waals surface area contributed by atoms with Crippen molar-refractivity contribution in [2.45, 2.75) is 13.5 Å². The number of aryl methyl sites for hydroxylation is 1. The first-order valence-corrected chi connectivity index (χ1v) is 8.53. The third-order valence-electron chi connectivity index (χ3n) is 4.52. The van der Waals surface area contributed by atoms with Crippen LogP contribution in [-0.4, -0.2) is 17.2 Å². The third-order valence-corrected chi connectivity index (χ3v) is 4.52. The fourth-order valence-corrected chi connectivity index (χ4v) is 3.26. The standard InChI is InChI=1S/C22H20N2O2/c1-14-8-9-15-11-18-20(24-19(15)10-14)12-16(13-25)22(26-2)21(18)23-17-6-4-3-5-7-17/h3-12,23,25H,13H2,1-2H3. The summed E-state index contributed by atoms with van der Waals surface area (Å²) >= 11 is 0. The summed E-state index contributed by atoms with van der Waals surface area (Å²) in [5, 5.41) is 15.3. The molecule has 1 aromatic heterocycles. The summed E-state index contributed by atoms with van der Waals surface area (Å²) in [5.74, 6) is 0.636. The maximum absolute atomic E-state index is 9.82. The third kappa shape index (κ3) is 2.85. The summed E-state index contributed by atoms with van der Waals surface area (Å²) in [5.41, 5.74) is 5.41. The van der Waals surface area contributed by atoms with Crippen LogP contribution in [0.15, 0.2) is 60.7 Å². The van der Waals surface area contributed by atoms with Gasteiger partial charge in [-0.1, -0.05) is 30.3 Å². The van der Waals surface area contributed by atoms with E-state index >= 15 is 0 Å². The number of anilines is 2. The molecule has 0 amide bonds. The molecular formula is C22H20N2O2. The number of benzene rings is 3. The second-order valence-corrected chi connectivity index (χ2v) is 6.34. The molecule has 2 N–H and O–H groups in total. The Morgan fingerprint density at radius 1 is 1.00 bits per heavy atom. The molecule has 4 rings (SSSR count). The Morgan fingerprint density at radius 3 is 2.54 bits per heavy atom. The summed E-state index contributed by atoms with van der Waals surface area (Å²) in [4.78, 5) is 4.82. The van der Waals surface area contributed by atoms with Gasteiger partial charge in [0.05, 0.1) is 30.4 Å². The number of aliphatic hydroxyl groups excluding tert-OH is 1. The molecule has 0 radical (unpaired) electrons. The number of para-hydroxylation sites is 1. The van der Waals surface area contributed by atoms with E-state index in [9.17, 15) is 5.11 Å². The van der Waals surface area contributed by atoms with E-state index in [0.717, 1.165) is 33.2 Å². The van der Waals surface area contributed by atoms with E-state index in [0.29, 0.717) is 11.3 Å². The number of fused-ring (bicyclic) bond motifs is 2. The highest BCUT2D eigenvalue weighted by atomic mass is 16.5. The molecule has 3 aromatic carbocycles. The molecule has 0 fully saturated rings. The van der Waals surface area contributed by atoms with E-state index in [4.69, 9.17) is 9.72 Å². The van der Waals surface area contributed by atoms with Crippen LogP contribution in [0.5, 0.6) is 5.75 Å². The first kappa shape index (κ1) is 16.4. The van der Waals surface area contributed by atoms with Crippen LogP contribution in [-0.2, 0) is 6.61 Å². The number of pyridine rings is 1. The largest absolute Gasteiger partial charge is 0.494 e. The van der Waals surface area contributed by atoms with Gasteiger partial charge < -0.3 is 15.2 Å². The van der Waals surface area contributed by atoms with Gasteiger partial charge in [-0.3, -0.25) is 0 Å². The van der Waals surface area contributed by atoms with E-state index in [1.807, 2.05) is 36.4 Å². The molecule has 26 heavy (non-hydrogen) atoms. The fourth-order valence-electron chi connectivity index (χ4n) is 3.26. The maximum Gasteiger partial charge on any atom is 0.148 e. The summed E-state index contributed by atoms with van der Waals surface area (Å²) in [6.45, 7) is 1.94. The van der Waals surface area contributed by atoms with Crippen molar-refractivity contribution in [1.29, 1.82) is 0 Å². The number of hydrogen-bond acceptors (Lipinski definition) is 4. The molecule has 4 aromatic rings. The van der Waals surface area contributed by atoms with Gasteiger partial charge in [-0.15, -0.1) is 0 Å². The molecular weight excluding hydrogens is 324 g/mol. The normalized spacial score (nSPS) is 11.0. The zero-order valence-electron chi connectivity index (χ0n) is 14.8. The predicted octanol–water partition coefficient (Wildman–Crippen LogP) is 4.94. The van der Waals surface area contributed by atoms with Gasteiger partial charge in [0.15, 0.2) is 0 Å². The maximum atomic E-state index is 9.82. The highest BCUT2D eigenvalue weighted by Gasteiger charge is 2.16. The van der Waals surface area contributed by atoms with Gasteiger partial charge in [-0.2, -0.15) is 0 Å². The first-order valence-electron chi connectivity index (χ1n) is 8.53. The van der Waals surface area contributed by atoms with Gasteiger partial charge >= 0.3 is 0 Å². The van der Waals surface area contributed by atoms with Crippen molar-refractivity contribution >= 4 is 33.2 Å². The smallest absolute Gasteiger partial charge is 0.148 e. The van der Waals surface area contributed by atoms with Crippen molar-refractivity contribution in [3.05, 3.63) is 71.8 Å². The Bertz CT molecular complexity index is 1090. The summed E-state index contributed by atoms with van der Waals surface area (Å²) in [6, 6.07) is 20.2. The van der Waals surface area contributed by atoms with Crippen LogP contribution in [0.3, 0.4) is 0 Å². The van der Waals surface area contributed by atoms with E-state index in [-0.39, 0.29) is 6.61 Å². The van der Waals surface area contributed by atoms with Crippen LogP contribution in [0.1, 0.15) is 11.1 Å². The Labute approximate surface area is 152 Å². The molecule has 130 valence electrons. The Kier molecular flexibility index (Phi) is 4.19. The number of rotatable bonds is 4. The molecule has 4 nitrogen and oxygen atoms in total. The average molecular weight is 344 g/mol. The zero-order chi connectivity index (χ0) is 18.1. The fraction of sp³-hybridized carbons (Fsp3) is 0.136. The minimum atomic E-state index is -0.115. The van der Waals surface area contributed by atoms with Crippen LogP contribution in [0.25, 0.3) is 21.8 Å². The first-order chi connectivity index (χ1) is 12.7. The molecule has 0 unspecified atom stereocenters. The lowest BCUT2D eigenvalue weighted by atomic mass is 10.0. The van der Waals surface area contributed by atoms with E-state index in [1.165, 1.54) is 5.56 Å². The summed E-state index contributed by atoms with van der Waals surface area (Å²) < 4.78 is 5.63. The Hall–Kier alpha value is -3.11. The van der Waals surface area contributed by atoms with E-state index in [1.54, 1.807) is 7.11 Å². The summed E-state index contributed by atoms with van der Waals surface area (Å²) in [7, 11) is 1.62. The molecule has 0 bridgehead atoms. The number of nitrogens with one attached hydrogen (secondary N) is 1. The molecule has 4 heteroatoms. The molecule has 0 spiro atoms. The second kappa shape index (κ2) is 6.65. The zero-order valence-corrected chi connectivity index (χ0v) is 14.8. The van der Waals surface area contributed by atoms with Gasteiger partial charge in [0.25, 0.3) is 0 Å². The van der Waals surface area contributed by atoms with Crippen LogP contribution >= 0.6 is 0 Å². The molecule has 0 aliphatic heterocycles. The minimum Gasteiger partial charge on any atom is -0.494 e. The monoisotopic (exact) mass is 344 g/mol. The number of ether oxygens (including phenoxy) is 1. The molecule has 0 aliphatic rings. The van der Waals surface area contributed by atoms with Crippen LogP contribution in [0.2, 0.25) is 0 Å². The topological polar surface area (TPSA) is 54.4 Å². The van der Waals surface area contributed by atoms with Gasteiger partial charge in [0, 0.05) is 22.0 Å². The minimum absolute atomic E-state index is 0.115. The predicted molar refractivity (Wildman–Crippen MR) is 106 cm³/mol. The molecule has 0 saturated heterocycles. The van der Waals surface area contributed by atoms with Crippen molar-refractivity contribution in [2.75, 3.05) is 12.4 Å². The SMILES string of the molecule is COc1c(CO)cc2nc3cc(C)ccc3cc2c1Nc1ccccc1. The van der Waals surface area contributed by atoms with Crippen molar-refractivity contribution in [3.8, 4) is 5.75 Å². The van der Waals surface area contributed by atoms with Crippen molar-refractivity contribution in [3.63, 3.8) is 0 Å². The van der Waals surface area contributed by atoms with Crippen molar-refractivity contribution < 1.29 is 9.84 Å². The lowest BCUT2D eigenvalue weighted by Gasteiger charge is -2.17. The molecule has 0 aliphatic carbocycles. The number of methoxy groups -OCH3 is 1. The average Bonchev–Trinajstić information content (AvgIpc) is 2.67. The molecule has 0 saturated carbocycles.